The SMILES string of the molecule is CCOCCCOc1ccc(C(C)CC)cc1. The van der Waals surface area contributed by atoms with Crippen LogP contribution in [0.15, 0.2) is 24.3 Å². The van der Waals surface area contributed by atoms with Crippen LogP contribution >= 0.6 is 0 Å². The topological polar surface area (TPSA) is 18.5 Å². The third kappa shape index (κ3) is 5.22. The van der Waals surface area contributed by atoms with Gasteiger partial charge in [0.2, 0.25) is 0 Å². The van der Waals surface area contributed by atoms with E-state index in [0.717, 1.165) is 32.0 Å². The standard InChI is InChI=1S/C15H24O2/c1-4-13(3)14-7-9-15(10-8-14)17-12-6-11-16-5-2/h7-10,13H,4-6,11-12H2,1-3H3. The van der Waals surface area contributed by atoms with Crippen LogP contribution in [0.3, 0.4) is 0 Å². The van der Waals surface area contributed by atoms with Crippen LogP contribution in [0, 0.1) is 0 Å². The third-order valence-corrected chi connectivity index (χ3v) is 2.97. The normalized spacial score (nSPS) is 12.4. The summed E-state index contributed by atoms with van der Waals surface area (Å²) in [6, 6.07) is 8.43. The van der Waals surface area contributed by atoms with Crippen molar-refractivity contribution in [3.63, 3.8) is 0 Å². The summed E-state index contributed by atoms with van der Waals surface area (Å²) in [6.07, 6.45) is 2.12. The fraction of sp³-hybridized carbons (Fsp3) is 0.600. The van der Waals surface area contributed by atoms with Gasteiger partial charge in [0.1, 0.15) is 5.75 Å². The minimum atomic E-state index is 0.627. The molecule has 0 saturated carbocycles. The van der Waals surface area contributed by atoms with Gasteiger partial charge in [-0.15, -0.1) is 0 Å². The summed E-state index contributed by atoms with van der Waals surface area (Å²) in [4.78, 5) is 0. The highest BCUT2D eigenvalue weighted by Crippen LogP contribution is 2.21. The largest absolute Gasteiger partial charge is 0.494 e. The Labute approximate surface area is 105 Å². The van der Waals surface area contributed by atoms with E-state index in [1.807, 2.05) is 6.92 Å². The molecule has 0 amide bonds. The Morgan fingerprint density at radius 3 is 2.35 bits per heavy atom. The fourth-order valence-electron chi connectivity index (χ4n) is 1.62. The Bertz CT molecular complexity index is 292. The van der Waals surface area contributed by atoms with Crippen molar-refractivity contribution in [1.29, 1.82) is 0 Å². The van der Waals surface area contributed by atoms with Crippen molar-refractivity contribution < 1.29 is 9.47 Å². The third-order valence-electron chi connectivity index (χ3n) is 2.97. The van der Waals surface area contributed by atoms with Crippen LogP contribution < -0.4 is 4.74 Å². The fourth-order valence-corrected chi connectivity index (χ4v) is 1.62. The molecule has 0 heterocycles. The average molecular weight is 236 g/mol. The van der Waals surface area contributed by atoms with Crippen molar-refractivity contribution in [2.45, 2.75) is 39.5 Å². The molecule has 0 spiro atoms. The second kappa shape index (κ2) is 8.13. The molecule has 0 aliphatic carbocycles. The highest BCUT2D eigenvalue weighted by molar-refractivity contribution is 5.29. The van der Waals surface area contributed by atoms with Crippen molar-refractivity contribution >= 4 is 0 Å². The van der Waals surface area contributed by atoms with Gasteiger partial charge in [-0.05, 0) is 37.0 Å². The molecule has 1 atom stereocenters. The number of ether oxygens (including phenoxy) is 2. The molecule has 0 aliphatic rings. The quantitative estimate of drug-likeness (QED) is 0.635. The zero-order chi connectivity index (χ0) is 12.5. The average Bonchev–Trinajstić information content (AvgIpc) is 2.38. The van der Waals surface area contributed by atoms with Gasteiger partial charge < -0.3 is 9.47 Å². The van der Waals surface area contributed by atoms with Crippen LogP contribution in [0.5, 0.6) is 5.75 Å². The minimum absolute atomic E-state index is 0.627. The van der Waals surface area contributed by atoms with Crippen molar-refractivity contribution in [2.75, 3.05) is 19.8 Å². The number of rotatable bonds is 8. The maximum atomic E-state index is 5.64. The van der Waals surface area contributed by atoms with Gasteiger partial charge in [0.05, 0.1) is 6.61 Å². The number of hydrogen-bond acceptors (Lipinski definition) is 2. The van der Waals surface area contributed by atoms with Crippen molar-refractivity contribution in [1.82, 2.24) is 0 Å². The summed E-state index contributed by atoms with van der Waals surface area (Å²) in [7, 11) is 0. The Kier molecular flexibility index (Phi) is 6.71. The van der Waals surface area contributed by atoms with Gasteiger partial charge in [-0.3, -0.25) is 0 Å². The lowest BCUT2D eigenvalue weighted by molar-refractivity contribution is 0.131. The molecule has 1 unspecified atom stereocenters. The smallest absolute Gasteiger partial charge is 0.119 e. The van der Waals surface area contributed by atoms with Gasteiger partial charge in [0.15, 0.2) is 0 Å². The van der Waals surface area contributed by atoms with Crippen molar-refractivity contribution in [2.24, 2.45) is 0 Å². The summed E-state index contributed by atoms with van der Waals surface area (Å²) >= 11 is 0. The molecule has 1 aromatic carbocycles. The van der Waals surface area contributed by atoms with Gasteiger partial charge in [0, 0.05) is 19.6 Å². The first-order chi connectivity index (χ1) is 8.27. The number of hydrogen-bond donors (Lipinski definition) is 0. The van der Waals surface area contributed by atoms with E-state index in [9.17, 15) is 0 Å². The van der Waals surface area contributed by atoms with E-state index in [-0.39, 0.29) is 0 Å². The first kappa shape index (κ1) is 14.0. The van der Waals surface area contributed by atoms with Crippen LogP contribution in [-0.4, -0.2) is 19.8 Å². The molecular formula is C15H24O2. The summed E-state index contributed by atoms with van der Waals surface area (Å²) in [5.74, 6) is 1.58. The highest BCUT2D eigenvalue weighted by Gasteiger charge is 2.02. The van der Waals surface area contributed by atoms with E-state index in [1.54, 1.807) is 0 Å². The second-order valence-electron chi connectivity index (χ2n) is 4.28. The maximum Gasteiger partial charge on any atom is 0.119 e. The molecule has 0 N–H and O–H groups in total. The molecule has 0 fully saturated rings. The number of benzene rings is 1. The second-order valence-corrected chi connectivity index (χ2v) is 4.28. The molecule has 0 radical (unpaired) electrons. The van der Waals surface area contributed by atoms with Gasteiger partial charge in [-0.2, -0.15) is 0 Å². The van der Waals surface area contributed by atoms with Crippen molar-refractivity contribution in [3.8, 4) is 5.75 Å². The molecule has 1 rings (SSSR count). The molecule has 17 heavy (non-hydrogen) atoms. The van der Waals surface area contributed by atoms with E-state index in [0.29, 0.717) is 5.92 Å². The highest BCUT2D eigenvalue weighted by atomic mass is 16.5. The Balaban J connectivity index is 2.30. The van der Waals surface area contributed by atoms with Crippen molar-refractivity contribution in [3.05, 3.63) is 29.8 Å². The summed E-state index contributed by atoms with van der Waals surface area (Å²) < 4.78 is 10.9. The minimum Gasteiger partial charge on any atom is -0.494 e. The molecule has 1 aromatic rings. The van der Waals surface area contributed by atoms with Crippen LogP contribution in [0.2, 0.25) is 0 Å². The molecule has 0 aromatic heterocycles. The maximum absolute atomic E-state index is 5.64. The van der Waals surface area contributed by atoms with E-state index in [1.165, 1.54) is 12.0 Å². The van der Waals surface area contributed by atoms with Crippen LogP contribution in [0.1, 0.15) is 45.1 Å². The lowest BCUT2D eigenvalue weighted by Crippen LogP contribution is -2.03. The zero-order valence-electron chi connectivity index (χ0n) is 11.2. The van der Waals surface area contributed by atoms with Gasteiger partial charge in [-0.25, -0.2) is 0 Å². The molecule has 96 valence electrons. The van der Waals surface area contributed by atoms with Gasteiger partial charge >= 0.3 is 0 Å². The Morgan fingerprint density at radius 2 is 1.76 bits per heavy atom. The summed E-state index contributed by atoms with van der Waals surface area (Å²) in [5, 5.41) is 0. The molecule has 2 heteroatoms. The summed E-state index contributed by atoms with van der Waals surface area (Å²) in [5.41, 5.74) is 1.38. The van der Waals surface area contributed by atoms with E-state index in [4.69, 9.17) is 9.47 Å². The van der Waals surface area contributed by atoms with Gasteiger partial charge in [-0.1, -0.05) is 26.0 Å². The van der Waals surface area contributed by atoms with E-state index in [2.05, 4.69) is 38.1 Å². The molecule has 0 bridgehead atoms. The Hall–Kier alpha value is -1.02. The molecule has 0 aliphatic heterocycles. The van der Waals surface area contributed by atoms with Crippen LogP contribution in [-0.2, 0) is 4.74 Å². The van der Waals surface area contributed by atoms with Gasteiger partial charge in [0.25, 0.3) is 0 Å². The van der Waals surface area contributed by atoms with Crippen LogP contribution in [0.25, 0.3) is 0 Å². The molecule has 0 saturated heterocycles. The van der Waals surface area contributed by atoms with E-state index >= 15 is 0 Å². The molecule has 2 nitrogen and oxygen atoms in total. The summed E-state index contributed by atoms with van der Waals surface area (Å²) in [6.45, 7) is 8.75. The first-order valence-electron chi connectivity index (χ1n) is 6.58. The molecular weight excluding hydrogens is 212 g/mol. The Morgan fingerprint density at radius 1 is 1.06 bits per heavy atom. The first-order valence-corrected chi connectivity index (χ1v) is 6.58. The van der Waals surface area contributed by atoms with E-state index < -0.39 is 0 Å². The predicted octanol–water partition coefficient (Wildman–Crippen LogP) is 4.01. The monoisotopic (exact) mass is 236 g/mol. The lowest BCUT2D eigenvalue weighted by Gasteiger charge is -2.10. The van der Waals surface area contributed by atoms with Crippen LogP contribution in [0.4, 0.5) is 0 Å². The predicted molar refractivity (Wildman–Crippen MR) is 71.8 cm³/mol. The zero-order valence-corrected chi connectivity index (χ0v) is 11.2. The lowest BCUT2D eigenvalue weighted by atomic mass is 9.99.